The molecule has 0 saturated carbocycles. The lowest BCUT2D eigenvalue weighted by Crippen LogP contribution is -2.30. The fourth-order valence-electron chi connectivity index (χ4n) is 6.06. The van der Waals surface area contributed by atoms with E-state index in [1.165, 1.54) is 122 Å². The summed E-state index contributed by atoms with van der Waals surface area (Å²) in [5, 5.41) is 0. The Hall–Kier alpha value is -1.59. The van der Waals surface area contributed by atoms with Crippen LogP contribution in [0.4, 0.5) is 0 Å². The first-order chi connectivity index (χ1) is 23.4. The van der Waals surface area contributed by atoms with E-state index in [9.17, 15) is 14.4 Å². The number of carbonyl (C=O) groups excluding carboxylic acids is 3. The van der Waals surface area contributed by atoms with Gasteiger partial charge in [-0.15, -0.1) is 0 Å². The van der Waals surface area contributed by atoms with E-state index in [0.717, 1.165) is 63.7 Å². The predicted octanol–water partition coefficient (Wildman–Crippen LogP) is 12.8. The standard InChI is InChI=1S/C42H80O6/c1-5-8-10-12-14-16-17-19-21-27-31-35-42(45)48-39(36-46-40(43)33-29-25-20-18-15-13-11-9-6-2)37-47-41(44)34-30-26-23-22-24-28-32-38(4)7-3/h38-39H,5-37H2,1-4H3/t38?,39-/m0/s1. The number of carbonyl (C=O) groups is 3. The first kappa shape index (κ1) is 46.4. The molecule has 284 valence electrons. The van der Waals surface area contributed by atoms with E-state index in [0.29, 0.717) is 19.3 Å². The van der Waals surface area contributed by atoms with Gasteiger partial charge in [0.25, 0.3) is 0 Å². The minimum atomic E-state index is -0.758. The van der Waals surface area contributed by atoms with E-state index in [1.54, 1.807) is 0 Å². The Kier molecular flexibility index (Phi) is 35.5. The summed E-state index contributed by atoms with van der Waals surface area (Å²) in [6.07, 6.45) is 33.7. The number of rotatable bonds is 37. The third-order valence-electron chi connectivity index (χ3n) is 9.65. The van der Waals surface area contributed by atoms with Gasteiger partial charge in [-0.05, 0) is 25.2 Å². The number of esters is 3. The maximum absolute atomic E-state index is 12.6. The van der Waals surface area contributed by atoms with Crippen molar-refractivity contribution in [2.45, 2.75) is 233 Å². The third kappa shape index (κ3) is 34.3. The van der Waals surface area contributed by atoms with Crippen LogP contribution in [0.2, 0.25) is 0 Å². The zero-order chi connectivity index (χ0) is 35.3. The lowest BCUT2D eigenvalue weighted by atomic mass is 10.00. The van der Waals surface area contributed by atoms with Crippen molar-refractivity contribution in [2.75, 3.05) is 13.2 Å². The van der Waals surface area contributed by atoms with Gasteiger partial charge in [0.2, 0.25) is 0 Å². The van der Waals surface area contributed by atoms with Crippen LogP contribution < -0.4 is 0 Å². The summed E-state index contributed by atoms with van der Waals surface area (Å²) < 4.78 is 16.6. The molecular formula is C42H80O6. The van der Waals surface area contributed by atoms with Crippen LogP contribution in [0, 0.1) is 5.92 Å². The van der Waals surface area contributed by atoms with E-state index < -0.39 is 6.10 Å². The maximum atomic E-state index is 12.6. The summed E-state index contributed by atoms with van der Waals surface area (Å²) in [5.41, 5.74) is 0. The molecule has 0 amide bonds. The molecule has 0 bridgehead atoms. The lowest BCUT2D eigenvalue weighted by molar-refractivity contribution is -0.167. The number of unbranched alkanes of at least 4 members (excludes halogenated alkanes) is 23. The molecule has 0 N–H and O–H groups in total. The second kappa shape index (κ2) is 36.7. The molecule has 0 aromatic rings. The molecule has 0 aliphatic carbocycles. The van der Waals surface area contributed by atoms with Gasteiger partial charge in [0.1, 0.15) is 13.2 Å². The zero-order valence-electron chi connectivity index (χ0n) is 32.4. The Morgan fingerprint density at radius 1 is 0.417 bits per heavy atom. The van der Waals surface area contributed by atoms with Crippen LogP contribution in [0.25, 0.3) is 0 Å². The molecule has 0 heterocycles. The fourth-order valence-corrected chi connectivity index (χ4v) is 6.06. The first-order valence-electron chi connectivity index (χ1n) is 20.9. The van der Waals surface area contributed by atoms with Gasteiger partial charge in [-0.3, -0.25) is 14.4 Å². The highest BCUT2D eigenvalue weighted by Gasteiger charge is 2.19. The molecule has 0 aromatic heterocycles. The third-order valence-corrected chi connectivity index (χ3v) is 9.65. The molecule has 1 unspecified atom stereocenters. The molecule has 0 fully saturated rings. The van der Waals surface area contributed by atoms with E-state index >= 15 is 0 Å². The van der Waals surface area contributed by atoms with Gasteiger partial charge in [0, 0.05) is 19.3 Å². The van der Waals surface area contributed by atoms with Crippen LogP contribution >= 0.6 is 0 Å². The lowest BCUT2D eigenvalue weighted by Gasteiger charge is -2.18. The number of hydrogen-bond donors (Lipinski definition) is 0. The second-order valence-corrected chi connectivity index (χ2v) is 14.5. The largest absolute Gasteiger partial charge is 0.462 e. The summed E-state index contributed by atoms with van der Waals surface area (Å²) in [6, 6.07) is 0. The first-order valence-corrected chi connectivity index (χ1v) is 20.9. The Bertz CT molecular complexity index is 723. The SMILES string of the molecule is CCCCCCCCCCCCCC(=O)O[C@@H](COC(=O)CCCCCCCCCCC)COC(=O)CCCCCCCCC(C)CC. The molecule has 48 heavy (non-hydrogen) atoms. The van der Waals surface area contributed by atoms with Crippen molar-refractivity contribution < 1.29 is 28.6 Å². The average molecular weight is 681 g/mol. The molecule has 2 atom stereocenters. The van der Waals surface area contributed by atoms with Crippen molar-refractivity contribution >= 4 is 17.9 Å². The summed E-state index contributed by atoms with van der Waals surface area (Å²) in [6.45, 7) is 8.92. The van der Waals surface area contributed by atoms with E-state index in [2.05, 4.69) is 27.7 Å². The fraction of sp³-hybridized carbons (Fsp3) is 0.929. The van der Waals surface area contributed by atoms with Crippen molar-refractivity contribution in [1.82, 2.24) is 0 Å². The van der Waals surface area contributed by atoms with Gasteiger partial charge in [-0.25, -0.2) is 0 Å². The van der Waals surface area contributed by atoms with Gasteiger partial charge in [0.05, 0.1) is 0 Å². The van der Waals surface area contributed by atoms with Crippen LogP contribution in [-0.2, 0) is 28.6 Å². The molecule has 6 heteroatoms. The van der Waals surface area contributed by atoms with Gasteiger partial charge >= 0.3 is 17.9 Å². The zero-order valence-corrected chi connectivity index (χ0v) is 32.4. The topological polar surface area (TPSA) is 78.9 Å². The smallest absolute Gasteiger partial charge is 0.306 e. The molecule has 0 aliphatic rings. The second-order valence-electron chi connectivity index (χ2n) is 14.5. The van der Waals surface area contributed by atoms with Crippen LogP contribution in [-0.4, -0.2) is 37.2 Å². The van der Waals surface area contributed by atoms with E-state index in [1.807, 2.05) is 0 Å². The predicted molar refractivity (Wildman–Crippen MR) is 201 cm³/mol. The summed E-state index contributed by atoms with van der Waals surface area (Å²) in [7, 11) is 0. The Morgan fingerprint density at radius 3 is 1.08 bits per heavy atom. The van der Waals surface area contributed by atoms with Gasteiger partial charge in [0.15, 0.2) is 6.10 Å². The van der Waals surface area contributed by atoms with E-state index in [4.69, 9.17) is 14.2 Å². The average Bonchev–Trinajstić information content (AvgIpc) is 3.08. The highest BCUT2D eigenvalue weighted by molar-refractivity contribution is 5.71. The molecule has 0 rings (SSSR count). The van der Waals surface area contributed by atoms with Crippen molar-refractivity contribution in [3.05, 3.63) is 0 Å². The Labute approximate surface area is 298 Å². The Morgan fingerprint density at radius 2 is 0.729 bits per heavy atom. The summed E-state index contributed by atoms with van der Waals surface area (Å²) in [5.74, 6) is -0.0510. The molecule has 0 radical (unpaired) electrons. The normalized spacial score (nSPS) is 12.5. The van der Waals surface area contributed by atoms with Gasteiger partial charge in [-0.2, -0.15) is 0 Å². The van der Waals surface area contributed by atoms with Crippen LogP contribution in [0.3, 0.4) is 0 Å². The highest BCUT2D eigenvalue weighted by Crippen LogP contribution is 2.16. The highest BCUT2D eigenvalue weighted by atomic mass is 16.6. The summed E-state index contributed by atoms with van der Waals surface area (Å²) in [4.78, 5) is 37.5. The van der Waals surface area contributed by atoms with Crippen molar-refractivity contribution in [3.8, 4) is 0 Å². The molecule has 0 aliphatic heterocycles. The monoisotopic (exact) mass is 681 g/mol. The minimum Gasteiger partial charge on any atom is -0.462 e. The molecule has 0 saturated heterocycles. The minimum absolute atomic E-state index is 0.0653. The number of hydrogen-bond acceptors (Lipinski definition) is 6. The van der Waals surface area contributed by atoms with E-state index in [-0.39, 0.29) is 31.1 Å². The quantitative estimate of drug-likeness (QED) is 0.0369. The number of ether oxygens (including phenoxy) is 3. The van der Waals surface area contributed by atoms with Crippen molar-refractivity contribution in [3.63, 3.8) is 0 Å². The molecule has 0 aromatic carbocycles. The van der Waals surface area contributed by atoms with Crippen LogP contribution in [0.5, 0.6) is 0 Å². The van der Waals surface area contributed by atoms with Crippen molar-refractivity contribution in [1.29, 1.82) is 0 Å². The molecular weight excluding hydrogens is 600 g/mol. The van der Waals surface area contributed by atoms with Crippen molar-refractivity contribution in [2.24, 2.45) is 5.92 Å². The molecule has 6 nitrogen and oxygen atoms in total. The van der Waals surface area contributed by atoms with Crippen LogP contribution in [0.15, 0.2) is 0 Å². The van der Waals surface area contributed by atoms with Crippen LogP contribution in [0.1, 0.15) is 227 Å². The van der Waals surface area contributed by atoms with Gasteiger partial charge in [-0.1, -0.05) is 188 Å². The summed E-state index contributed by atoms with van der Waals surface area (Å²) >= 11 is 0. The maximum Gasteiger partial charge on any atom is 0.306 e. The Balaban J connectivity index is 4.36. The molecule has 0 spiro atoms. The van der Waals surface area contributed by atoms with Gasteiger partial charge < -0.3 is 14.2 Å².